The Kier molecular flexibility index (Phi) is 2.56. The molecule has 1 aromatic heterocycles. The van der Waals surface area contributed by atoms with Crippen molar-refractivity contribution < 1.29 is 0 Å². The van der Waals surface area contributed by atoms with E-state index in [1.807, 2.05) is 12.1 Å². The molecule has 1 aliphatic carbocycles. The molecule has 3 nitrogen and oxygen atoms in total. The van der Waals surface area contributed by atoms with Crippen molar-refractivity contribution in [2.45, 2.75) is 12.8 Å². The Morgan fingerprint density at radius 1 is 1.24 bits per heavy atom. The molecule has 0 N–H and O–H groups in total. The monoisotopic (exact) mass is 225 g/mol. The van der Waals surface area contributed by atoms with E-state index in [1.165, 1.54) is 12.8 Å². The van der Waals surface area contributed by atoms with Gasteiger partial charge < -0.3 is 4.90 Å². The molecule has 0 spiro atoms. The van der Waals surface area contributed by atoms with Crippen LogP contribution in [-0.2, 0) is 0 Å². The highest BCUT2D eigenvalue weighted by Gasteiger charge is 2.33. The highest BCUT2D eigenvalue weighted by atomic mass is 15.2. The molecule has 0 saturated carbocycles. The van der Waals surface area contributed by atoms with Crippen molar-refractivity contribution in [3.05, 3.63) is 36.0 Å². The van der Waals surface area contributed by atoms with Gasteiger partial charge in [-0.3, -0.25) is 0 Å². The number of hydrogen-bond acceptors (Lipinski definition) is 3. The summed E-state index contributed by atoms with van der Waals surface area (Å²) in [4.78, 5) is 6.65. The molecule has 2 aliphatic rings. The Labute approximate surface area is 101 Å². The van der Waals surface area contributed by atoms with Gasteiger partial charge in [-0.25, -0.2) is 4.98 Å². The quantitative estimate of drug-likeness (QED) is 0.689. The summed E-state index contributed by atoms with van der Waals surface area (Å²) in [6.45, 7) is 2.08. The molecular weight excluding hydrogens is 210 g/mol. The van der Waals surface area contributed by atoms with Crippen LogP contribution in [-0.4, -0.2) is 18.1 Å². The van der Waals surface area contributed by atoms with Crippen molar-refractivity contribution in [3.63, 3.8) is 0 Å². The second-order valence-electron chi connectivity index (χ2n) is 4.85. The Bertz CT molecular complexity index is 470. The highest BCUT2D eigenvalue weighted by molar-refractivity contribution is 5.54. The summed E-state index contributed by atoms with van der Waals surface area (Å²) >= 11 is 0. The molecule has 1 saturated heterocycles. The summed E-state index contributed by atoms with van der Waals surface area (Å²) in [5.74, 6) is 2.35. The van der Waals surface area contributed by atoms with Crippen molar-refractivity contribution in [2.24, 2.45) is 11.8 Å². The molecular formula is C14H15N3. The molecule has 1 aliphatic heterocycles. The number of rotatable bonds is 1. The Morgan fingerprint density at radius 3 is 2.59 bits per heavy atom. The normalized spacial score (nSPS) is 26.6. The van der Waals surface area contributed by atoms with Gasteiger partial charge in [0.25, 0.3) is 0 Å². The molecule has 0 aromatic carbocycles. The zero-order valence-corrected chi connectivity index (χ0v) is 9.71. The maximum absolute atomic E-state index is 9.11. The third kappa shape index (κ3) is 1.80. The third-order valence-electron chi connectivity index (χ3n) is 3.83. The number of pyridine rings is 1. The molecule has 2 heterocycles. The fraction of sp³-hybridized carbons (Fsp3) is 0.429. The molecule has 2 atom stereocenters. The van der Waals surface area contributed by atoms with Gasteiger partial charge in [0, 0.05) is 19.3 Å². The van der Waals surface area contributed by atoms with E-state index in [1.54, 1.807) is 6.20 Å². The van der Waals surface area contributed by atoms with Crippen LogP contribution in [0.2, 0.25) is 0 Å². The number of nitriles is 1. The Morgan fingerprint density at radius 2 is 1.94 bits per heavy atom. The second kappa shape index (κ2) is 4.21. The van der Waals surface area contributed by atoms with Gasteiger partial charge in [-0.05, 0) is 36.8 Å². The van der Waals surface area contributed by atoms with Crippen LogP contribution >= 0.6 is 0 Å². The van der Waals surface area contributed by atoms with Crippen LogP contribution in [0.4, 0.5) is 5.82 Å². The van der Waals surface area contributed by atoms with Gasteiger partial charge in [0.1, 0.15) is 11.9 Å². The zero-order chi connectivity index (χ0) is 11.7. The lowest BCUT2D eigenvalue weighted by atomic mass is 9.86. The number of hydrogen-bond donors (Lipinski definition) is 0. The Balaban J connectivity index is 1.85. The van der Waals surface area contributed by atoms with E-state index in [9.17, 15) is 0 Å². The van der Waals surface area contributed by atoms with Crippen LogP contribution in [0.25, 0.3) is 0 Å². The van der Waals surface area contributed by atoms with Crippen LogP contribution < -0.4 is 4.90 Å². The molecule has 3 rings (SSSR count). The summed E-state index contributed by atoms with van der Waals surface area (Å²) in [7, 11) is 0. The summed E-state index contributed by atoms with van der Waals surface area (Å²) in [5.41, 5.74) is 0.694. The molecule has 17 heavy (non-hydrogen) atoms. The van der Waals surface area contributed by atoms with E-state index in [2.05, 4.69) is 28.1 Å². The zero-order valence-electron chi connectivity index (χ0n) is 9.71. The minimum Gasteiger partial charge on any atom is -0.355 e. The van der Waals surface area contributed by atoms with Gasteiger partial charge in [0.2, 0.25) is 0 Å². The van der Waals surface area contributed by atoms with Gasteiger partial charge in [0.05, 0.1) is 5.56 Å². The van der Waals surface area contributed by atoms with E-state index in [-0.39, 0.29) is 0 Å². The van der Waals surface area contributed by atoms with Crippen LogP contribution in [0.5, 0.6) is 0 Å². The maximum Gasteiger partial charge on any atom is 0.146 e. The van der Waals surface area contributed by atoms with E-state index in [0.717, 1.165) is 30.7 Å². The Hall–Kier alpha value is -1.82. The van der Waals surface area contributed by atoms with Crippen molar-refractivity contribution >= 4 is 5.82 Å². The van der Waals surface area contributed by atoms with Crippen LogP contribution in [0.1, 0.15) is 18.4 Å². The fourth-order valence-electron chi connectivity index (χ4n) is 2.92. The number of fused-ring (bicyclic) bond motifs is 1. The third-order valence-corrected chi connectivity index (χ3v) is 3.83. The largest absolute Gasteiger partial charge is 0.355 e. The lowest BCUT2D eigenvalue weighted by molar-refractivity contribution is 0.411. The second-order valence-corrected chi connectivity index (χ2v) is 4.85. The predicted molar refractivity (Wildman–Crippen MR) is 66.5 cm³/mol. The number of anilines is 1. The van der Waals surface area contributed by atoms with Crippen molar-refractivity contribution in [1.82, 2.24) is 4.98 Å². The predicted octanol–water partition coefficient (Wildman–Crippen LogP) is 2.36. The summed E-state index contributed by atoms with van der Waals surface area (Å²) in [5, 5.41) is 9.11. The average Bonchev–Trinajstić information content (AvgIpc) is 2.82. The summed E-state index contributed by atoms with van der Waals surface area (Å²) < 4.78 is 0. The number of nitrogens with zero attached hydrogens (tertiary/aromatic N) is 3. The lowest BCUT2D eigenvalue weighted by Crippen LogP contribution is -2.22. The van der Waals surface area contributed by atoms with E-state index < -0.39 is 0 Å². The fourth-order valence-corrected chi connectivity index (χ4v) is 2.92. The summed E-state index contributed by atoms with van der Waals surface area (Å²) in [6, 6.07) is 5.91. The van der Waals surface area contributed by atoms with Gasteiger partial charge in [-0.1, -0.05) is 12.2 Å². The van der Waals surface area contributed by atoms with Gasteiger partial charge in [0.15, 0.2) is 0 Å². The molecule has 1 fully saturated rings. The molecule has 0 bridgehead atoms. The minimum atomic E-state index is 0.694. The smallest absolute Gasteiger partial charge is 0.146 e. The van der Waals surface area contributed by atoms with Crippen molar-refractivity contribution in [1.29, 1.82) is 5.26 Å². The molecule has 3 heteroatoms. The van der Waals surface area contributed by atoms with Gasteiger partial charge >= 0.3 is 0 Å². The van der Waals surface area contributed by atoms with E-state index in [4.69, 9.17) is 5.26 Å². The van der Waals surface area contributed by atoms with E-state index >= 15 is 0 Å². The standard InChI is InChI=1S/C14H15N3/c15-8-11-6-3-7-16-14(11)17-9-12-4-1-2-5-13(12)10-17/h1-3,6-7,12-13H,4-5,9-10H2. The highest BCUT2D eigenvalue weighted by Crippen LogP contribution is 2.35. The summed E-state index contributed by atoms with van der Waals surface area (Å²) in [6.07, 6.45) is 8.70. The van der Waals surface area contributed by atoms with Gasteiger partial charge in [-0.2, -0.15) is 5.26 Å². The lowest BCUT2D eigenvalue weighted by Gasteiger charge is -2.17. The first-order valence-electron chi connectivity index (χ1n) is 6.13. The molecule has 1 aromatic rings. The molecule has 0 amide bonds. The van der Waals surface area contributed by atoms with Crippen molar-refractivity contribution in [3.8, 4) is 6.07 Å². The van der Waals surface area contributed by atoms with Crippen molar-refractivity contribution in [2.75, 3.05) is 18.0 Å². The molecule has 86 valence electrons. The maximum atomic E-state index is 9.11. The molecule has 0 radical (unpaired) electrons. The van der Waals surface area contributed by atoms with Gasteiger partial charge in [-0.15, -0.1) is 0 Å². The SMILES string of the molecule is N#Cc1cccnc1N1CC2CC=CCC2C1. The van der Waals surface area contributed by atoms with Crippen LogP contribution in [0.15, 0.2) is 30.5 Å². The first-order valence-corrected chi connectivity index (χ1v) is 6.13. The van der Waals surface area contributed by atoms with Crippen LogP contribution in [0.3, 0.4) is 0 Å². The number of allylic oxidation sites excluding steroid dienone is 2. The number of aromatic nitrogens is 1. The topological polar surface area (TPSA) is 39.9 Å². The molecule has 2 unspecified atom stereocenters. The van der Waals surface area contributed by atoms with Crippen LogP contribution in [0, 0.1) is 23.2 Å². The average molecular weight is 225 g/mol. The first kappa shape index (κ1) is 10.3. The first-order chi connectivity index (χ1) is 8.38. The minimum absolute atomic E-state index is 0.694. The van der Waals surface area contributed by atoms with E-state index in [0.29, 0.717) is 5.56 Å².